The molecule has 5 heteroatoms. The van der Waals surface area contributed by atoms with Crippen molar-refractivity contribution in [1.82, 2.24) is 15.5 Å². The molecule has 2 fully saturated rings. The van der Waals surface area contributed by atoms with E-state index in [9.17, 15) is 9.59 Å². The first-order valence-corrected chi connectivity index (χ1v) is 8.49. The zero-order valence-electron chi connectivity index (χ0n) is 13.2. The van der Waals surface area contributed by atoms with Crippen molar-refractivity contribution in [3.05, 3.63) is 0 Å². The highest BCUT2D eigenvalue weighted by molar-refractivity contribution is 5.81. The van der Waals surface area contributed by atoms with E-state index in [1.165, 1.54) is 6.42 Å². The van der Waals surface area contributed by atoms with Gasteiger partial charge in [0.05, 0.1) is 5.92 Å². The molecule has 2 heterocycles. The summed E-state index contributed by atoms with van der Waals surface area (Å²) in [6.45, 7) is 5.31. The second-order valence-electron chi connectivity index (χ2n) is 6.32. The molecule has 21 heavy (non-hydrogen) atoms. The fourth-order valence-electron chi connectivity index (χ4n) is 3.22. The van der Waals surface area contributed by atoms with Crippen molar-refractivity contribution < 1.29 is 9.59 Å². The Hall–Kier alpha value is -1.10. The number of nitrogens with one attached hydrogen (secondary N) is 2. The number of piperidine rings is 1. The SMILES string of the molecule is CCCCNC(=O)C1CCCN(C(=O)CC2CCCN2)C1. The van der Waals surface area contributed by atoms with Crippen LogP contribution in [-0.4, -0.2) is 48.9 Å². The molecule has 2 N–H and O–H groups in total. The van der Waals surface area contributed by atoms with Gasteiger partial charge in [-0.2, -0.15) is 0 Å². The smallest absolute Gasteiger partial charge is 0.224 e. The Morgan fingerprint density at radius 1 is 1.29 bits per heavy atom. The summed E-state index contributed by atoms with van der Waals surface area (Å²) in [5, 5.41) is 6.36. The summed E-state index contributed by atoms with van der Waals surface area (Å²) >= 11 is 0. The minimum absolute atomic E-state index is 0.0175. The largest absolute Gasteiger partial charge is 0.356 e. The predicted octanol–water partition coefficient (Wildman–Crippen LogP) is 1.28. The van der Waals surface area contributed by atoms with E-state index in [0.29, 0.717) is 19.0 Å². The van der Waals surface area contributed by atoms with E-state index in [1.807, 2.05) is 4.90 Å². The molecule has 5 nitrogen and oxygen atoms in total. The summed E-state index contributed by atoms with van der Waals surface area (Å²) in [7, 11) is 0. The Kier molecular flexibility index (Phi) is 6.49. The first-order valence-electron chi connectivity index (χ1n) is 8.49. The Labute approximate surface area is 127 Å². The van der Waals surface area contributed by atoms with Crippen molar-refractivity contribution in [3.8, 4) is 0 Å². The molecule has 0 aromatic carbocycles. The van der Waals surface area contributed by atoms with E-state index in [-0.39, 0.29) is 17.7 Å². The van der Waals surface area contributed by atoms with E-state index in [4.69, 9.17) is 0 Å². The van der Waals surface area contributed by atoms with Gasteiger partial charge in [0.1, 0.15) is 0 Å². The number of carbonyl (C=O) groups excluding carboxylic acids is 2. The minimum atomic E-state index is -0.0175. The molecule has 2 rings (SSSR count). The second kappa shape index (κ2) is 8.37. The molecule has 0 bridgehead atoms. The van der Waals surface area contributed by atoms with Gasteiger partial charge >= 0.3 is 0 Å². The lowest BCUT2D eigenvalue weighted by Gasteiger charge is -2.32. The van der Waals surface area contributed by atoms with Crippen molar-refractivity contribution in [2.24, 2.45) is 5.92 Å². The zero-order valence-corrected chi connectivity index (χ0v) is 13.2. The van der Waals surface area contributed by atoms with Crippen molar-refractivity contribution >= 4 is 11.8 Å². The number of rotatable bonds is 6. The van der Waals surface area contributed by atoms with Crippen LogP contribution in [0.1, 0.15) is 51.9 Å². The van der Waals surface area contributed by atoms with Gasteiger partial charge in [-0.25, -0.2) is 0 Å². The van der Waals surface area contributed by atoms with Gasteiger partial charge in [0.2, 0.25) is 11.8 Å². The van der Waals surface area contributed by atoms with Crippen LogP contribution in [0.4, 0.5) is 0 Å². The Bertz CT molecular complexity index is 353. The molecule has 0 spiro atoms. The third-order valence-electron chi connectivity index (χ3n) is 4.56. The van der Waals surface area contributed by atoms with E-state index in [1.54, 1.807) is 0 Å². The van der Waals surface area contributed by atoms with Crippen molar-refractivity contribution in [2.45, 2.75) is 57.9 Å². The maximum absolute atomic E-state index is 12.3. The predicted molar refractivity (Wildman–Crippen MR) is 82.9 cm³/mol. The third kappa shape index (κ3) is 4.99. The van der Waals surface area contributed by atoms with Gasteiger partial charge in [-0.1, -0.05) is 13.3 Å². The molecule has 0 aromatic heterocycles. The normalized spacial score (nSPS) is 25.9. The summed E-state index contributed by atoms with van der Waals surface area (Å²) in [4.78, 5) is 26.4. The first-order chi connectivity index (χ1) is 10.2. The number of unbranched alkanes of at least 4 members (excludes halogenated alkanes) is 1. The van der Waals surface area contributed by atoms with Gasteiger partial charge < -0.3 is 15.5 Å². The van der Waals surface area contributed by atoms with Crippen LogP contribution < -0.4 is 10.6 Å². The fourth-order valence-corrected chi connectivity index (χ4v) is 3.22. The first kappa shape index (κ1) is 16.3. The molecule has 0 aliphatic carbocycles. The number of carbonyl (C=O) groups is 2. The number of likely N-dealkylation sites (tertiary alicyclic amines) is 1. The topological polar surface area (TPSA) is 61.4 Å². The van der Waals surface area contributed by atoms with Crippen LogP contribution in [0.3, 0.4) is 0 Å². The highest BCUT2D eigenvalue weighted by Crippen LogP contribution is 2.19. The van der Waals surface area contributed by atoms with Gasteiger partial charge in [-0.05, 0) is 38.6 Å². The molecule has 2 unspecified atom stereocenters. The second-order valence-corrected chi connectivity index (χ2v) is 6.32. The molecule has 2 saturated heterocycles. The molecule has 0 aromatic rings. The molecule has 0 saturated carbocycles. The molecular formula is C16H29N3O2. The third-order valence-corrected chi connectivity index (χ3v) is 4.56. The number of hydrogen-bond acceptors (Lipinski definition) is 3. The Morgan fingerprint density at radius 2 is 2.14 bits per heavy atom. The number of amides is 2. The highest BCUT2D eigenvalue weighted by Gasteiger charge is 2.29. The van der Waals surface area contributed by atoms with E-state index >= 15 is 0 Å². The van der Waals surface area contributed by atoms with Gasteiger partial charge in [-0.15, -0.1) is 0 Å². The van der Waals surface area contributed by atoms with Gasteiger partial charge in [-0.3, -0.25) is 9.59 Å². The summed E-state index contributed by atoms with van der Waals surface area (Å²) < 4.78 is 0. The molecule has 120 valence electrons. The van der Waals surface area contributed by atoms with Crippen LogP contribution in [0.2, 0.25) is 0 Å². The minimum Gasteiger partial charge on any atom is -0.356 e. The quantitative estimate of drug-likeness (QED) is 0.726. The van der Waals surface area contributed by atoms with Crippen LogP contribution in [-0.2, 0) is 9.59 Å². The van der Waals surface area contributed by atoms with Crippen LogP contribution in [0.15, 0.2) is 0 Å². The number of nitrogens with zero attached hydrogens (tertiary/aromatic N) is 1. The maximum atomic E-state index is 12.3. The van der Waals surface area contributed by atoms with Crippen LogP contribution in [0, 0.1) is 5.92 Å². The molecule has 2 aliphatic heterocycles. The average molecular weight is 295 g/mol. The van der Waals surface area contributed by atoms with Crippen molar-refractivity contribution in [2.75, 3.05) is 26.2 Å². The Morgan fingerprint density at radius 3 is 2.86 bits per heavy atom. The lowest BCUT2D eigenvalue weighted by molar-refractivity contribution is -0.136. The molecule has 2 aliphatic rings. The van der Waals surface area contributed by atoms with Crippen molar-refractivity contribution in [1.29, 1.82) is 0 Å². The Balaban J connectivity index is 1.76. The summed E-state index contributed by atoms with van der Waals surface area (Å²) in [6.07, 6.45) is 6.81. The van der Waals surface area contributed by atoms with Gasteiger partial charge in [0.15, 0.2) is 0 Å². The van der Waals surface area contributed by atoms with E-state index in [0.717, 1.165) is 51.7 Å². The van der Waals surface area contributed by atoms with Crippen LogP contribution in [0.25, 0.3) is 0 Å². The van der Waals surface area contributed by atoms with Crippen LogP contribution >= 0.6 is 0 Å². The summed E-state index contributed by atoms with van der Waals surface area (Å²) in [6, 6.07) is 0.344. The lowest BCUT2D eigenvalue weighted by atomic mass is 9.96. The maximum Gasteiger partial charge on any atom is 0.224 e. The van der Waals surface area contributed by atoms with Gasteiger partial charge in [0.25, 0.3) is 0 Å². The fraction of sp³-hybridized carbons (Fsp3) is 0.875. The summed E-state index contributed by atoms with van der Waals surface area (Å²) in [5.74, 6) is 0.316. The average Bonchev–Trinajstić information content (AvgIpc) is 3.00. The summed E-state index contributed by atoms with van der Waals surface area (Å²) in [5.41, 5.74) is 0. The van der Waals surface area contributed by atoms with Gasteiger partial charge in [0, 0.05) is 32.1 Å². The molecular weight excluding hydrogens is 266 g/mol. The number of hydrogen-bond donors (Lipinski definition) is 2. The lowest BCUT2D eigenvalue weighted by Crippen LogP contribution is -2.46. The monoisotopic (exact) mass is 295 g/mol. The van der Waals surface area contributed by atoms with Crippen LogP contribution in [0.5, 0.6) is 0 Å². The van der Waals surface area contributed by atoms with E-state index in [2.05, 4.69) is 17.6 Å². The molecule has 2 atom stereocenters. The molecule has 0 radical (unpaired) electrons. The molecule has 2 amide bonds. The zero-order chi connectivity index (χ0) is 15.1. The standard InChI is InChI=1S/C16H29N3O2/c1-2-3-8-18-16(21)13-6-5-10-19(12-13)15(20)11-14-7-4-9-17-14/h13-14,17H,2-12H2,1H3,(H,18,21). The van der Waals surface area contributed by atoms with Crippen molar-refractivity contribution in [3.63, 3.8) is 0 Å². The van der Waals surface area contributed by atoms with E-state index < -0.39 is 0 Å². The highest BCUT2D eigenvalue weighted by atomic mass is 16.2.